The molecule has 0 fully saturated rings. The summed E-state index contributed by atoms with van der Waals surface area (Å²) in [6.45, 7) is 0.592. The molecule has 0 atom stereocenters. The first-order valence-corrected chi connectivity index (χ1v) is 6.09. The van der Waals surface area contributed by atoms with Crippen LogP contribution in [0.3, 0.4) is 0 Å². The fourth-order valence-corrected chi connectivity index (χ4v) is 1.77. The van der Waals surface area contributed by atoms with Crippen LogP contribution in [0.5, 0.6) is 0 Å². The maximum absolute atomic E-state index is 11.4. The van der Waals surface area contributed by atoms with Gasteiger partial charge in [0, 0.05) is 23.0 Å². The Morgan fingerprint density at radius 1 is 1.53 bits per heavy atom. The Morgan fingerprint density at radius 3 is 3.00 bits per heavy atom. The number of amides is 1. The average Bonchev–Trinajstić information content (AvgIpc) is 2.18. The fourth-order valence-electron chi connectivity index (χ4n) is 1.01. The van der Waals surface area contributed by atoms with Crippen LogP contribution >= 0.6 is 23.4 Å². The minimum atomic E-state index is -0.0317. The molecule has 1 aromatic rings. The number of nitrogens with one attached hydrogen (secondary N) is 1. The lowest BCUT2D eigenvalue weighted by molar-refractivity contribution is -0.113. The largest absolute Gasteiger partial charge is 0.330 e. The molecule has 3 nitrogen and oxygen atoms in total. The van der Waals surface area contributed by atoms with E-state index in [4.69, 9.17) is 17.3 Å². The van der Waals surface area contributed by atoms with Crippen LogP contribution in [0.15, 0.2) is 24.3 Å². The lowest BCUT2D eigenvalue weighted by atomic mass is 10.3. The molecule has 0 aliphatic rings. The summed E-state index contributed by atoms with van der Waals surface area (Å²) >= 11 is 7.30. The van der Waals surface area contributed by atoms with Crippen molar-refractivity contribution >= 4 is 35.0 Å². The molecule has 5 heteroatoms. The Kier molecular flexibility index (Phi) is 5.53. The third kappa shape index (κ3) is 5.06. The lowest BCUT2D eigenvalue weighted by Crippen LogP contribution is -2.15. The van der Waals surface area contributed by atoms with Gasteiger partial charge in [0.25, 0.3) is 0 Å². The van der Waals surface area contributed by atoms with Crippen LogP contribution in [0, 0.1) is 0 Å². The molecule has 0 bridgehead atoms. The standard InChI is InChI=1S/C10H13ClN2OS/c11-8-2-1-3-9(6-8)13-10(14)7-15-5-4-12/h1-3,6H,4-5,7,12H2,(H,13,14). The highest BCUT2D eigenvalue weighted by Crippen LogP contribution is 2.15. The summed E-state index contributed by atoms with van der Waals surface area (Å²) in [5.74, 6) is 1.18. The first-order chi connectivity index (χ1) is 7.22. The van der Waals surface area contributed by atoms with Gasteiger partial charge in [0.2, 0.25) is 5.91 Å². The van der Waals surface area contributed by atoms with E-state index in [0.29, 0.717) is 17.3 Å². The zero-order valence-corrected chi connectivity index (χ0v) is 9.77. The van der Waals surface area contributed by atoms with E-state index in [1.54, 1.807) is 24.3 Å². The van der Waals surface area contributed by atoms with Crippen LogP contribution in [-0.2, 0) is 4.79 Å². The Hall–Kier alpha value is -0.710. The van der Waals surface area contributed by atoms with E-state index in [2.05, 4.69) is 5.32 Å². The van der Waals surface area contributed by atoms with Gasteiger partial charge in [0.05, 0.1) is 5.75 Å². The van der Waals surface area contributed by atoms with Crippen LogP contribution in [-0.4, -0.2) is 24.0 Å². The highest BCUT2D eigenvalue weighted by molar-refractivity contribution is 7.99. The third-order valence-corrected chi connectivity index (χ3v) is 2.83. The van der Waals surface area contributed by atoms with Gasteiger partial charge in [-0.2, -0.15) is 11.8 Å². The van der Waals surface area contributed by atoms with Crippen molar-refractivity contribution in [3.63, 3.8) is 0 Å². The summed E-state index contributed by atoms with van der Waals surface area (Å²) < 4.78 is 0. The van der Waals surface area contributed by atoms with Crippen molar-refractivity contribution in [2.45, 2.75) is 0 Å². The van der Waals surface area contributed by atoms with Gasteiger partial charge in [-0.1, -0.05) is 17.7 Å². The number of halogens is 1. The zero-order chi connectivity index (χ0) is 11.1. The molecule has 1 aromatic carbocycles. The first-order valence-electron chi connectivity index (χ1n) is 4.55. The first kappa shape index (κ1) is 12.4. The van der Waals surface area contributed by atoms with Gasteiger partial charge in [0.15, 0.2) is 0 Å². The minimum absolute atomic E-state index is 0.0317. The summed E-state index contributed by atoms with van der Waals surface area (Å²) in [4.78, 5) is 11.4. The summed E-state index contributed by atoms with van der Waals surface area (Å²) in [6.07, 6.45) is 0. The molecule has 0 unspecified atom stereocenters. The van der Waals surface area contributed by atoms with E-state index in [1.807, 2.05) is 0 Å². The summed E-state index contributed by atoms with van der Waals surface area (Å²) in [7, 11) is 0. The van der Waals surface area contributed by atoms with Crippen molar-refractivity contribution < 1.29 is 4.79 Å². The maximum atomic E-state index is 11.4. The molecule has 0 heterocycles. The predicted octanol–water partition coefficient (Wildman–Crippen LogP) is 1.97. The quantitative estimate of drug-likeness (QED) is 0.779. The van der Waals surface area contributed by atoms with Crippen molar-refractivity contribution in [3.05, 3.63) is 29.3 Å². The number of benzene rings is 1. The number of hydrogen-bond acceptors (Lipinski definition) is 3. The molecule has 0 saturated heterocycles. The van der Waals surface area contributed by atoms with Gasteiger partial charge < -0.3 is 11.1 Å². The molecule has 82 valence electrons. The van der Waals surface area contributed by atoms with Crippen LogP contribution in [0.1, 0.15) is 0 Å². The van der Waals surface area contributed by atoms with E-state index in [1.165, 1.54) is 11.8 Å². The highest BCUT2D eigenvalue weighted by Gasteiger charge is 2.01. The van der Waals surface area contributed by atoms with Crippen LogP contribution in [0.4, 0.5) is 5.69 Å². The Balaban J connectivity index is 2.37. The van der Waals surface area contributed by atoms with Gasteiger partial charge in [-0.25, -0.2) is 0 Å². The number of nitrogens with two attached hydrogens (primary N) is 1. The normalized spacial score (nSPS) is 10.0. The molecule has 0 aliphatic carbocycles. The Bertz CT molecular complexity index is 333. The highest BCUT2D eigenvalue weighted by atomic mass is 35.5. The fraction of sp³-hybridized carbons (Fsp3) is 0.300. The molecule has 15 heavy (non-hydrogen) atoms. The molecular formula is C10H13ClN2OS. The molecule has 0 saturated carbocycles. The number of hydrogen-bond donors (Lipinski definition) is 2. The number of carbonyl (C=O) groups excluding carboxylic acids is 1. The second-order valence-corrected chi connectivity index (χ2v) is 4.44. The van der Waals surface area contributed by atoms with Gasteiger partial charge in [-0.05, 0) is 18.2 Å². The Labute approximate surface area is 98.4 Å². The van der Waals surface area contributed by atoms with Gasteiger partial charge >= 0.3 is 0 Å². The molecule has 1 rings (SSSR count). The average molecular weight is 245 g/mol. The minimum Gasteiger partial charge on any atom is -0.330 e. The van der Waals surface area contributed by atoms with Crippen molar-refractivity contribution in [3.8, 4) is 0 Å². The molecule has 0 radical (unpaired) electrons. The molecule has 0 aliphatic heterocycles. The number of thioether (sulfide) groups is 1. The monoisotopic (exact) mass is 244 g/mol. The van der Waals surface area contributed by atoms with Gasteiger partial charge in [-0.3, -0.25) is 4.79 Å². The summed E-state index contributed by atoms with van der Waals surface area (Å²) in [5.41, 5.74) is 6.04. The zero-order valence-electron chi connectivity index (χ0n) is 8.20. The molecule has 0 spiro atoms. The lowest BCUT2D eigenvalue weighted by Gasteiger charge is -2.04. The molecule has 3 N–H and O–H groups in total. The maximum Gasteiger partial charge on any atom is 0.234 e. The van der Waals surface area contributed by atoms with Crippen molar-refractivity contribution in [2.75, 3.05) is 23.4 Å². The van der Waals surface area contributed by atoms with Crippen LogP contribution < -0.4 is 11.1 Å². The van der Waals surface area contributed by atoms with E-state index in [0.717, 1.165) is 11.4 Å². The van der Waals surface area contributed by atoms with Gasteiger partial charge in [0.1, 0.15) is 0 Å². The SMILES string of the molecule is NCCSCC(=O)Nc1cccc(Cl)c1. The third-order valence-electron chi connectivity index (χ3n) is 1.60. The molecule has 1 amide bonds. The smallest absolute Gasteiger partial charge is 0.234 e. The molecule has 0 aromatic heterocycles. The van der Waals surface area contributed by atoms with Crippen molar-refractivity contribution in [1.82, 2.24) is 0 Å². The van der Waals surface area contributed by atoms with E-state index < -0.39 is 0 Å². The Morgan fingerprint density at radius 2 is 2.33 bits per heavy atom. The van der Waals surface area contributed by atoms with Crippen molar-refractivity contribution in [1.29, 1.82) is 0 Å². The summed E-state index contributed by atoms with van der Waals surface area (Å²) in [6, 6.07) is 7.08. The number of rotatable bonds is 5. The van der Waals surface area contributed by atoms with Crippen LogP contribution in [0.25, 0.3) is 0 Å². The summed E-state index contributed by atoms with van der Waals surface area (Å²) in [5, 5.41) is 3.37. The topological polar surface area (TPSA) is 55.1 Å². The van der Waals surface area contributed by atoms with E-state index in [9.17, 15) is 4.79 Å². The predicted molar refractivity (Wildman–Crippen MR) is 66.5 cm³/mol. The van der Waals surface area contributed by atoms with E-state index >= 15 is 0 Å². The van der Waals surface area contributed by atoms with Crippen molar-refractivity contribution in [2.24, 2.45) is 5.73 Å². The number of anilines is 1. The second kappa shape index (κ2) is 6.71. The molecular weight excluding hydrogens is 232 g/mol. The second-order valence-electron chi connectivity index (χ2n) is 2.90. The number of carbonyl (C=O) groups is 1. The van der Waals surface area contributed by atoms with Gasteiger partial charge in [-0.15, -0.1) is 0 Å². The van der Waals surface area contributed by atoms with Crippen LogP contribution in [0.2, 0.25) is 5.02 Å². The van der Waals surface area contributed by atoms with E-state index in [-0.39, 0.29) is 5.91 Å².